The smallest absolute Gasteiger partial charge is 0.0636 e. The largest absolute Gasteiger partial charge is 0.394 e. The van der Waals surface area contributed by atoms with Gasteiger partial charge >= 0.3 is 0 Å². The normalized spacial score (nSPS) is 19.7. The van der Waals surface area contributed by atoms with Gasteiger partial charge in [0.25, 0.3) is 0 Å². The van der Waals surface area contributed by atoms with Crippen LogP contribution in [0, 0.1) is 0 Å². The van der Waals surface area contributed by atoms with Crippen molar-refractivity contribution >= 4 is 17.4 Å². The van der Waals surface area contributed by atoms with E-state index in [9.17, 15) is 0 Å². The van der Waals surface area contributed by atoms with Gasteiger partial charge in [-0.05, 0) is 24.3 Å². The van der Waals surface area contributed by atoms with Crippen LogP contribution in [0.3, 0.4) is 0 Å². The molecule has 1 aromatic carbocycles. The first kappa shape index (κ1) is 8.91. The first-order valence-corrected chi connectivity index (χ1v) is 5.61. The molecule has 70 valence electrons. The molecule has 0 unspecified atom stereocenters. The van der Waals surface area contributed by atoms with Crippen molar-refractivity contribution in [1.29, 1.82) is 0 Å². The molecule has 0 radical (unpaired) electrons. The van der Waals surface area contributed by atoms with E-state index in [4.69, 9.17) is 5.11 Å². The summed E-state index contributed by atoms with van der Waals surface area (Å²) in [5, 5.41) is 12.4. The third-order valence-corrected chi connectivity index (χ3v) is 3.15. The van der Waals surface area contributed by atoms with Gasteiger partial charge in [0.05, 0.1) is 18.3 Å². The van der Waals surface area contributed by atoms with E-state index in [1.165, 1.54) is 16.1 Å². The lowest BCUT2D eigenvalue weighted by Gasteiger charge is -2.08. The first-order chi connectivity index (χ1) is 6.35. The number of rotatable bonds is 2. The second-order valence-corrected chi connectivity index (χ2v) is 4.07. The predicted molar refractivity (Wildman–Crippen MR) is 56.4 cm³/mol. The quantitative estimate of drug-likeness (QED) is 0.705. The Hall–Kier alpha value is -0.670. The van der Waals surface area contributed by atoms with Crippen LogP contribution in [0.1, 0.15) is 5.56 Å². The molecule has 0 saturated carbocycles. The number of fused-ring (bicyclic) bond motifs is 1. The van der Waals surface area contributed by atoms with Crippen molar-refractivity contribution in [2.45, 2.75) is 17.4 Å². The fourth-order valence-corrected chi connectivity index (χ4v) is 2.32. The zero-order chi connectivity index (χ0) is 9.26. The molecule has 2 N–H and O–H groups in total. The molecule has 0 amide bonds. The van der Waals surface area contributed by atoms with Gasteiger partial charge in [-0.1, -0.05) is 12.1 Å². The van der Waals surface area contributed by atoms with Crippen molar-refractivity contribution in [2.24, 2.45) is 0 Å². The topological polar surface area (TPSA) is 32.3 Å². The third kappa shape index (κ3) is 1.54. The van der Waals surface area contributed by atoms with E-state index in [0.717, 1.165) is 6.42 Å². The van der Waals surface area contributed by atoms with Crippen LogP contribution in [-0.2, 0) is 6.42 Å². The third-order valence-electron chi connectivity index (χ3n) is 2.37. The Kier molecular flexibility index (Phi) is 2.47. The molecule has 0 saturated heterocycles. The number of para-hydroxylation sites is 1. The Morgan fingerprint density at radius 2 is 2.46 bits per heavy atom. The molecule has 3 heteroatoms. The second-order valence-electron chi connectivity index (χ2n) is 3.22. The molecule has 0 bridgehead atoms. The molecule has 2 nitrogen and oxygen atoms in total. The van der Waals surface area contributed by atoms with E-state index in [-0.39, 0.29) is 12.6 Å². The van der Waals surface area contributed by atoms with E-state index in [0.29, 0.717) is 0 Å². The van der Waals surface area contributed by atoms with E-state index in [1.807, 2.05) is 0 Å². The Morgan fingerprint density at radius 1 is 1.62 bits per heavy atom. The average molecular weight is 195 g/mol. The molecule has 1 heterocycles. The summed E-state index contributed by atoms with van der Waals surface area (Å²) in [7, 11) is 0. The van der Waals surface area contributed by atoms with Gasteiger partial charge in [-0.2, -0.15) is 0 Å². The van der Waals surface area contributed by atoms with Gasteiger partial charge in [0.2, 0.25) is 0 Å². The van der Waals surface area contributed by atoms with Crippen molar-refractivity contribution in [3.8, 4) is 0 Å². The van der Waals surface area contributed by atoms with Crippen LogP contribution in [0.5, 0.6) is 0 Å². The Bertz CT molecular complexity index is 314. The van der Waals surface area contributed by atoms with Crippen molar-refractivity contribution in [3.63, 3.8) is 0 Å². The highest BCUT2D eigenvalue weighted by molar-refractivity contribution is 7.98. The lowest BCUT2D eigenvalue weighted by molar-refractivity contribution is 0.277. The number of hydrogen-bond acceptors (Lipinski definition) is 3. The Balaban J connectivity index is 2.33. The van der Waals surface area contributed by atoms with Gasteiger partial charge in [-0.15, -0.1) is 11.8 Å². The number of hydrogen-bond donors (Lipinski definition) is 2. The number of aliphatic hydroxyl groups excluding tert-OH is 1. The molecule has 1 aromatic rings. The molecule has 0 fully saturated rings. The van der Waals surface area contributed by atoms with E-state index < -0.39 is 0 Å². The van der Waals surface area contributed by atoms with Gasteiger partial charge in [0.15, 0.2) is 0 Å². The first-order valence-electron chi connectivity index (χ1n) is 4.38. The summed E-state index contributed by atoms with van der Waals surface area (Å²) >= 11 is 1.74. The van der Waals surface area contributed by atoms with Crippen molar-refractivity contribution < 1.29 is 5.11 Å². The highest BCUT2D eigenvalue weighted by Crippen LogP contribution is 2.34. The fourth-order valence-electron chi connectivity index (χ4n) is 1.71. The van der Waals surface area contributed by atoms with Crippen LogP contribution < -0.4 is 5.32 Å². The molecule has 1 aliphatic rings. The zero-order valence-corrected chi connectivity index (χ0v) is 8.40. The molecule has 0 aromatic heterocycles. The lowest BCUT2D eigenvalue weighted by Crippen LogP contribution is -2.19. The highest BCUT2D eigenvalue weighted by atomic mass is 32.2. The maximum Gasteiger partial charge on any atom is 0.0636 e. The maximum absolute atomic E-state index is 9.03. The summed E-state index contributed by atoms with van der Waals surface area (Å²) in [5.41, 5.74) is 2.54. The summed E-state index contributed by atoms with van der Waals surface area (Å²) in [6.45, 7) is 0.211. The number of benzene rings is 1. The Morgan fingerprint density at radius 3 is 3.15 bits per heavy atom. The zero-order valence-electron chi connectivity index (χ0n) is 7.58. The van der Waals surface area contributed by atoms with Crippen LogP contribution in [0.25, 0.3) is 0 Å². The van der Waals surface area contributed by atoms with Crippen molar-refractivity contribution in [2.75, 3.05) is 18.2 Å². The summed E-state index contributed by atoms with van der Waals surface area (Å²) in [6.07, 6.45) is 3.02. The minimum atomic E-state index is 0.211. The minimum Gasteiger partial charge on any atom is -0.394 e. The number of nitrogens with one attached hydrogen (secondary N) is 1. The monoisotopic (exact) mass is 195 g/mol. The van der Waals surface area contributed by atoms with Crippen LogP contribution in [0.4, 0.5) is 5.69 Å². The lowest BCUT2D eigenvalue weighted by atomic mass is 10.1. The standard InChI is InChI=1S/C10H13NOS/c1-13-9-4-2-3-7-5-8(6-12)11-10(7)9/h2-4,8,11-12H,5-6H2,1H3/t8-/m0/s1. The van der Waals surface area contributed by atoms with Crippen molar-refractivity contribution in [1.82, 2.24) is 0 Å². The van der Waals surface area contributed by atoms with Gasteiger partial charge in [-0.25, -0.2) is 0 Å². The van der Waals surface area contributed by atoms with Crippen LogP contribution >= 0.6 is 11.8 Å². The van der Waals surface area contributed by atoms with Crippen LogP contribution in [-0.4, -0.2) is 24.0 Å². The van der Waals surface area contributed by atoms with Crippen LogP contribution in [0.2, 0.25) is 0 Å². The van der Waals surface area contributed by atoms with E-state index >= 15 is 0 Å². The van der Waals surface area contributed by atoms with Gasteiger partial charge in [0.1, 0.15) is 0 Å². The Labute approximate surface area is 82.4 Å². The van der Waals surface area contributed by atoms with Crippen LogP contribution in [0.15, 0.2) is 23.1 Å². The fraction of sp³-hybridized carbons (Fsp3) is 0.400. The highest BCUT2D eigenvalue weighted by Gasteiger charge is 2.21. The van der Waals surface area contributed by atoms with Gasteiger partial charge < -0.3 is 10.4 Å². The van der Waals surface area contributed by atoms with Gasteiger partial charge in [-0.3, -0.25) is 0 Å². The van der Waals surface area contributed by atoms with E-state index in [1.54, 1.807) is 11.8 Å². The number of aliphatic hydroxyl groups is 1. The van der Waals surface area contributed by atoms with Crippen molar-refractivity contribution in [3.05, 3.63) is 23.8 Å². The summed E-state index contributed by atoms with van der Waals surface area (Å²) in [4.78, 5) is 1.27. The SMILES string of the molecule is CSc1cccc2c1N[C@H](CO)C2. The average Bonchev–Trinajstić information content (AvgIpc) is 2.59. The molecule has 1 atom stereocenters. The molecule has 2 rings (SSSR count). The molecule has 1 aliphatic heterocycles. The molecule has 0 spiro atoms. The molecule has 0 aliphatic carbocycles. The summed E-state index contributed by atoms with van der Waals surface area (Å²) < 4.78 is 0. The molecule has 13 heavy (non-hydrogen) atoms. The van der Waals surface area contributed by atoms with Gasteiger partial charge in [0, 0.05) is 4.90 Å². The number of anilines is 1. The molecular formula is C10H13NOS. The molecular weight excluding hydrogens is 182 g/mol. The summed E-state index contributed by atoms with van der Waals surface area (Å²) in [5.74, 6) is 0. The van der Waals surface area contributed by atoms with E-state index in [2.05, 4.69) is 29.8 Å². The minimum absolute atomic E-state index is 0.211. The predicted octanol–water partition coefficient (Wildman–Crippen LogP) is 1.74. The second kappa shape index (κ2) is 3.60. The maximum atomic E-state index is 9.03. The number of thioether (sulfide) groups is 1. The summed E-state index contributed by atoms with van der Waals surface area (Å²) in [6, 6.07) is 6.52.